The van der Waals surface area contributed by atoms with E-state index in [4.69, 9.17) is 0 Å². The molecule has 1 aliphatic heterocycles. The van der Waals surface area contributed by atoms with Gasteiger partial charge < -0.3 is 0 Å². The number of hydrogen-bond acceptors (Lipinski definition) is 2. The van der Waals surface area contributed by atoms with Gasteiger partial charge in [0.15, 0.2) is 0 Å². The van der Waals surface area contributed by atoms with Crippen LogP contribution in [0.3, 0.4) is 0 Å². The lowest BCUT2D eigenvalue weighted by atomic mass is 9.93. The van der Waals surface area contributed by atoms with Crippen LogP contribution in [0.4, 0.5) is 0 Å². The average molecular weight is 162 g/mol. The fraction of sp³-hybridized carbons (Fsp3) is 1.00. The standard InChI is InChI=1S/C7H14S2/c1-7(2,3)6-4-8-5-9-6/h6H,4-5H2,1-3H3. The molecule has 1 aliphatic rings. The summed E-state index contributed by atoms with van der Waals surface area (Å²) in [5, 5.41) is 2.20. The SMILES string of the molecule is CC(C)(C)C1CSCS1. The molecule has 1 heterocycles. The van der Waals surface area contributed by atoms with E-state index in [1.54, 1.807) is 0 Å². The van der Waals surface area contributed by atoms with Crippen LogP contribution in [0.2, 0.25) is 0 Å². The minimum Gasteiger partial charge on any atom is -0.150 e. The van der Waals surface area contributed by atoms with E-state index in [1.165, 1.54) is 10.8 Å². The second-order valence-corrected chi connectivity index (χ2v) is 6.10. The van der Waals surface area contributed by atoms with Crippen molar-refractivity contribution in [2.24, 2.45) is 5.41 Å². The van der Waals surface area contributed by atoms with E-state index in [2.05, 4.69) is 44.3 Å². The van der Waals surface area contributed by atoms with Gasteiger partial charge in [-0.25, -0.2) is 0 Å². The maximum atomic E-state index is 2.33. The van der Waals surface area contributed by atoms with E-state index >= 15 is 0 Å². The van der Waals surface area contributed by atoms with Gasteiger partial charge in [0.25, 0.3) is 0 Å². The van der Waals surface area contributed by atoms with Crippen molar-refractivity contribution >= 4 is 23.5 Å². The predicted molar refractivity (Wildman–Crippen MR) is 48.2 cm³/mol. The second-order valence-electron chi connectivity index (χ2n) is 3.51. The molecule has 54 valence electrons. The summed E-state index contributed by atoms with van der Waals surface area (Å²) in [4.78, 5) is 0. The Labute approximate surface area is 66.2 Å². The van der Waals surface area contributed by atoms with E-state index < -0.39 is 0 Å². The van der Waals surface area contributed by atoms with E-state index in [0.29, 0.717) is 5.41 Å². The molecule has 0 bridgehead atoms. The zero-order valence-corrected chi connectivity index (χ0v) is 7.94. The topological polar surface area (TPSA) is 0 Å². The van der Waals surface area contributed by atoms with Gasteiger partial charge in [0, 0.05) is 16.1 Å². The Balaban J connectivity index is 2.42. The fourth-order valence-corrected chi connectivity index (χ4v) is 4.15. The van der Waals surface area contributed by atoms with E-state index in [0.717, 1.165) is 5.25 Å². The predicted octanol–water partition coefficient (Wildman–Crippen LogP) is 2.84. The molecule has 0 aromatic heterocycles. The third-order valence-electron chi connectivity index (χ3n) is 1.59. The van der Waals surface area contributed by atoms with Gasteiger partial charge in [-0.05, 0) is 5.41 Å². The first-order chi connectivity index (χ1) is 4.11. The molecule has 2 heteroatoms. The van der Waals surface area contributed by atoms with E-state index in [1.807, 2.05) is 0 Å². The maximum absolute atomic E-state index is 2.33. The minimum absolute atomic E-state index is 0.522. The smallest absolute Gasteiger partial charge is 0.0395 e. The van der Waals surface area contributed by atoms with Crippen LogP contribution < -0.4 is 0 Å². The molecule has 1 unspecified atom stereocenters. The summed E-state index contributed by atoms with van der Waals surface area (Å²) < 4.78 is 0. The van der Waals surface area contributed by atoms with Crippen LogP contribution in [0.15, 0.2) is 0 Å². The maximum Gasteiger partial charge on any atom is 0.0395 e. The first-order valence-corrected chi connectivity index (χ1v) is 5.50. The molecule has 0 radical (unpaired) electrons. The summed E-state index contributed by atoms with van der Waals surface area (Å²) in [6.07, 6.45) is 0. The summed E-state index contributed by atoms with van der Waals surface area (Å²) in [7, 11) is 0. The molecular weight excluding hydrogens is 148 g/mol. The minimum atomic E-state index is 0.522. The van der Waals surface area contributed by atoms with Gasteiger partial charge in [-0.1, -0.05) is 20.8 Å². The lowest BCUT2D eigenvalue weighted by molar-refractivity contribution is 0.416. The molecule has 1 rings (SSSR count). The van der Waals surface area contributed by atoms with Crippen molar-refractivity contribution in [3.63, 3.8) is 0 Å². The number of rotatable bonds is 0. The van der Waals surface area contributed by atoms with Crippen LogP contribution in [0.1, 0.15) is 20.8 Å². The van der Waals surface area contributed by atoms with Crippen LogP contribution in [0.25, 0.3) is 0 Å². The molecule has 0 aliphatic carbocycles. The molecule has 1 atom stereocenters. The van der Waals surface area contributed by atoms with E-state index in [9.17, 15) is 0 Å². The number of hydrogen-bond donors (Lipinski definition) is 0. The normalized spacial score (nSPS) is 29.0. The molecule has 0 aromatic carbocycles. The van der Waals surface area contributed by atoms with Crippen LogP contribution in [-0.2, 0) is 0 Å². The van der Waals surface area contributed by atoms with Crippen molar-refractivity contribution in [3.8, 4) is 0 Å². The highest BCUT2D eigenvalue weighted by Crippen LogP contribution is 2.39. The van der Waals surface area contributed by atoms with Gasteiger partial charge in [0.2, 0.25) is 0 Å². The Bertz CT molecular complexity index is 87.6. The van der Waals surface area contributed by atoms with Crippen LogP contribution in [0, 0.1) is 5.41 Å². The van der Waals surface area contributed by atoms with Crippen LogP contribution in [0.5, 0.6) is 0 Å². The molecule has 0 saturated carbocycles. The number of thioether (sulfide) groups is 2. The van der Waals surface area contributed by atoms with Crippen LogP contribution in [-0.4, -0.2) is 16.1 Å². The zero-order valence-electron chi connectivity index (χ0n) is 6.31. The molecule has 1 saturated heterocycles. The monoisotopic (exact) mass is 162 g/mol. The third-order valence-corrected chi connectivity index (χ3v) is 4.85. The highest BCUT2D eigenvalue weighted by atomic mass is 32.2. The molecular formula is C7H14S2. The molecule has 9 heavy (non-hydrogen) atoms. The van der Waals surface area contributed by atoms with Crippen molar-refractivity contribution in [3.05, 3.63) is 0 Å². The van der Waals surface area contributed by atoms with Gasteiger partial charge in [-0.3, -0.25) is 0 Å². The molecule has 0 nitrogen and oxygen atoms in total. The molecule has 0 spiro atoms. The van der Waals surface area contributed by atoms with Crippen LogP contribution >= 0.6 is 23.5 Å². The summed E-state index contributed by atoms with van der Waals surface area (Å²) in [6, 6.07) is 0. The van der Waals surface area contributed by atoms with Gasteiger partial charge in [-0.15, -0.1) is 23.5 Å². The summed E-state index contributed by atoms with van der Waals surface area (Å²) in [6.45, 7) is 6.99. The van der Waals surface area contributed by atoms with Crippen molar-refractivity contribution in [2.45, 2.75) is 26.0 Å². The van der Waals surface area contributed by atoms with Gasteiger partial charge in [-0.2, -0.15) is 0 Å². The van der Waals surface area contributed by atoms with Crippen molar-refractivity contribution in [2.75, 3.05) is 10.8 Å². The highest BCUT2D eigenvalue weighted by Gasteiger charge is 2.28. The highest BCUT2D eigenvalue weighted by molar-refractivity contribution is 8.19. The molecule has 0 N–H and O–H groups in total. The largest absolute Gasteiger partial charge is 0.150 e. The van der Waals surface area contributed by atoms with Crippen molar-refractivity contribution in [1.82, 2.24) is 0 Å². The first-order valence-electron chi connectivity index (χ1n) is 3.30. The average Bonchev–Trinajstić information content (AvgIpc) is 2.08. The van der Waals surface area contributed by atoms with Gasteiger partial charge >= 0.3 is 0 Å². The molecule has 0 aromatic rings. The summed E-state index contributed by atoms with van der Waals surface area (Å²) >= 11 is 4.18. The molecule has 0 amide bonds. The Kier molecular flexibility index (Phi) is 2.38. The fourth-order valence-electron chi connectivity index (χ4n) is 0.834. The Morgan fingerprint density at radius 1 is 1.33 bits per heavy atom. The van der Waals surface area contributed by atoms with Gasteiger partial charge in [0.05, 0.1) is 0 Å². The lowest BCUT2D eigenvalue weighted by Crippen LogP contribution is -2.22. The Hall–Kier alpha value is 0.700. The summed E-state index contributed by atoms with van der Waals surface area (Å²) in [5.41, 5.74) is 0.522. The molecule has 1 fully saturated rings. The third kappa shape index (κ3) is 2.08. The quantitative estimate of drug-likeness (QED) is 0.537. The van der Waals surface area contributed by atoms with Gasteiger partial charge in [0.1, 0.15) is 0 Å². The lowest BCUT2D eigenvalue weighted by Gasteiger charge is -2.24. The van der Waals surface area contributed by atoms with Crippen molar-refractivity contribution < 1.29 is 0 Å². The Morgan fingerprint density at radius 2 is 2.00 bits per heavy atom. The second kappa shape index (κ2) is 2.75. The van der Waals surface area contributed by atoms with E-state index in [-0.39, 0.29) is 0 Å². The first kappa shape index (κ1) is 7.80. The Morgan fingerprint density at radius 3 is 2.22 bits per heavy atom. The summed E-state index contributed by atoms with van der Waals surface area (Å²) in [5.74, 6) is 1.36. The van der Waals surface area contributed by atoms with Crippen molar-refractivity contribution in [1.29, 1.82) is 0 Å². The zero-order chi connectivity index (χ0) is 6.91.